The van der Waals surface area contributed by atoms with Crippen LogP contribution >= 0.6 is 11.3 Å². The minimum atomic E-state index is -1.01. The monoisotopic (exact) mass is 288 g/mol. The second-order valence-corrected chi connectivity index (χ2v) is 5.58. The van der Waals surface area contributed by atoms with E-state index in [-0.39, 0.29) is 5.69 Å². The highest BCUT2D eigenvalue weighted by Gasteiger charge is 2.18. The summed E-state index contributed by atoms with van der Waals surface area (Å²) >= 11 is 1.57. The van der Waals surface area contributed by atoms with E-state index in [2.05, 4.69) is 15.3 Å². The second-order valence-electron chi connectivity index (χ2n) is 4.26. The third-order valence-corrected chi connectivity index (χ3v) is 3.72. The topological polar surface area (TPSA) is 79.5 Å². The number of aromatic nitrogens is 3. The lowest BCUT2D eigenvalue weighted by atomic mass is 10.4. The quantitative estimate of drug-likeness (QED) is 0.770. The molecule has 3 aromatic heterocycles. The SMILES string of the molecule is Cc1cnc(CNc2nc3ccccn3c2C(=O)O)s1. The Morgan fingerprint density at radius 1 is 1.50 bits per heavy atom. The van der Waals surface area contributed by atoms with Gasteiger partial charge in [-0.15, -0.1) is 11.3 Å². The molecular weight excluding hydrogens is 276 g/mol. The number of nitrogens with one attached hydrogen (secondary N) is 1. The van der Waals surface area contributed by atoms with Gasteiger partial charge in [0.2, 0.25) is 0 Å². The lowest BCUT2D eigenvalue weighted by Gasteiger charge is -2.02. The molecule has 0 aliphatic heterocycles. The first kappa shape index (κ1) is 12.6. The molecule has 0 unspecified atom stereocenters. The van der Waals surface area contributed by atoms with Gasteiger partial charge < -0.3 is 10.4 Å². The first-order valence-electron chi connectivity index (χ1n) is 6.00. The average molecular weight is 288 g/mol. The van der Waals surface area contributed by atoms with Crippen LogP contribution in [0.2, 0.25) is 0 Å². The largest absolute Gasteiger partial charge is 0.476 e. The van der Waals surface area contributed by atoms with Gasteiger partial charge in [-0.2, -0.15) is 0 Å². The summed E-state index contributed by atoms with van der Waals surface area (Å²) < 4.78 is 1.55. The maximum absolute atomic E-state index is 11.4. The minimum Gasteiger partial charge on any atom is -0.476 e. The summed E-state index contributed by atoms with van der Waals surface area (Å²) in [4.78, 5) is 21.1. The van der Waals surface area contributed by atoms with Gasteiger partial charge in [0.05, 0.1) is 6.54 Å². The molecule has 102 valence electrons. The van der Waals surface area contributed by atoms with Crippen molar-refractivity contribution in [2.45, 2.75) is 13.5 Å². The number of nitrogens with zero attached hydrogens (tertiary/aromatic N) is 3. The third kappa shape index (κ3) is 2.23. The van der Waals surface area contributed by atoms with Crippen LogP contribution < -0.4 is 5.32 Å². The third-order valence-electron chi connectivity index (χ3n) is 2.81. The van der Waals surface area contributed by atoms with Crippen molar-refractivity contribution in [3.8, 4) is 0 Å². The van der Waals surface area contributed by atoms with Crippen molar-refractivity contribution in [1.29, 1.82) is 0 Å². The number of fused-ring (bicyclic) bond motifs is 1. The lowest BCUT2D eigenvalue weighted by Crippen LogP contribution is -2.07. The molecule has 3 aromatic rings. The average Bonchev–Trinajstić information content (AvgIpc) is 2.99. The van der Waals surface area contributed by atoms with Crippen molar-refractivity contribution in [2.24, 2.45) is 0 Å². The standard InChI is InChI=1S/C13H12N4O2S/c1-8-6-14-10(20-8)7-15-12-11(13(18)19)17-5-3-2-4-9(17)16-12/h2-6,15H,7H2,1H3,(H,18,19). The van der Waals surface area contributed by atoms with Gasteiger partial charge in [-0.3, -0.25) is 4.40 Å². The molecule has 0 amide bonds. The molecule has 0 aromatic carbocycles. The van der Waals surface area contributed by atoms with Crippen LogP contribution in [0.4, 0.5) is 5.82 Å². The molecule has 0 atom stereocenters. The zero-order valence-electron chi connectivity index (χ0n) is 10.7. The van der Waals surface area contributed by atoms with Gasteiger partial charge in [-0.05, 0) is 19.1 Å². The number of carboxylic acid groups (broad SMARTS) is 1. The van der Waals surface area contributed by atoms with Crippen LogP contribution in [0.15, 0.2) is 30.6 Å². The Balaban J connectivity index is 1.94. The first-order chi connectivity index (χ1) is 9.65. The summed E-state index contributed by atoms with van der Waals surface area (Å²) in [7, 11) is 0. The van der Waals surface area contributed by atoms with Crippen molar-refractivity contribution in [2.75, 3.05) is 5.32 Å². The summed E-state index contributed by atoms with van der Waals surface area (Å²) in [5.74, 6) is -0.655. The number of imidazole rings is 1. The summed E-state index contributed by atoms with van der Waals surface area (Å²) in [6.07, 6.45) is 3.48. The highest BCUT2D eigenvalue weighted by molar-refractivity contribution is 7.11. The Labute approximate surface area is 118 Å². The molecule has 0 aliphatic carbocycles. The van der Waals surface area contributed by atoms with E-state index in [4.69, 9.17) is 0 Å². The highest BCUT2D eigenvalue weighted by atomic mass is 32.1. The number of thiazole rings is 1. The zero-order valence-corrected chi connectivity index (χ0v) is 11.5. The van der Waals surface area contributed by atoms with E-state index < -0.39 is 5.97 Å². The molecule has 20 heavy (non-hydrogen) atoms. The fraction of sp³-hybridized carbons (Fsp3) is 0.154. The molecule has 0 bridgehead atoms. The van der Waals surface area contributed by atoms with Crippen LogP contribution in [0.3, 0.4) is 0 Å². The molecular formula is C13H12N4O2S. The van der Waals surface area contributed by atoms with Crippen LogP contribution in [0.1, 0.15) is 20.4 Å². The number of carboxylic acids is 1. The number of aromatic carboxylic acids is 1. The van der Waals surface area contributed by atoms with Gasteiger partial charge in [0.1, 0.15) is 10.7 Å². The van der Waals surface area contributed by atoms with E-state index >= 15 is 0 Å². The van der Waals surface area contributed by atoms with Gasteiger partial charge in [0, 0.05) is 17.3 Å². The molecule has 6 nitrogen and oxygen atoms in total. The van der Waals surface area contributed by atoms with Gasteiger partial charge in [0.25, 0.3) is 0 Å². The lowest BCUT2D eigenvalue weighted by molar-refractivity contribution is 0.0690. The van der Waals surface area contributed by atoms with E-state index in [1.54, 1.807) is 40.3 Å². The molecule has 2 N–H and O–H groups in total. The smallest absolute Gasteiger partial charge is 0.356 e. The number of hydrogen-bond donors (Lipinski definition) is 2. The van der Waals surface area contributed by atoms with E-state index in [1.807, 2.05) is 13.0 Å². The first-order valence-corrected chi connectivity index (χ1v) is 6.82. The number of carbonyl (C=O) groups is 1. The Morgan fingerprint density at radius 3 is 3.05 bits per heavy atom. The van der Waals surface area contributed by atoms with Crippen molar-refractivity contribution in [3.05, 3.63) is 46.2 Å². The summed E-state index contributed by atoms with van der Waals surface area (Å²) in [6.45, 7) is 2.44. The summed E-state index contributed by atoms with van der Waals surface area (Å²) in [5, 5.41) is 13.3. The number of anilines is 1. The number of rotatable bonds is 4. The maximum Gasteiger partial charge on any atom is 0.356 e. The van der Waals surface area contributed by atoms with Crippen molar-refractivity contribution in [3.63, 3.8) is 0 Å². The summed E-state index contributed by atoms with van der Waals surface area (Å²) in [5.41, 5.74) is 0.733. The normalized spacial score (nSPS) is 10.8. The Hall–Kier alpha value is -2.41. The van der Waals surface area contributed by atoms with Gasteiger partial charge in [0.15, 0.2) is 11.5 Å². The molecule has 3 heterocycles. The predicted molar refractivity (Wildman–Crippen MR) is 76.3 cm³/mol. The van der Waals surface area contributed by atoms with Crippen molar-refractivity contribution >= 4 is 28.8 Å². The van der Waals surface area contributed by atoms with E-state index in [1.165, 1.54) is 0 Å². The van der Waals surface area contributed by atoms with E-state index in [0.717, 1.165) is 9.88 Å². The number of pyridine rings is 1. The van der Waals surface area contributed by atoms with Crippen LogP contribution in [-0.2, 0) is 6.54 Å². The number of aryl methyl sites for hydroxylation is 1. The van der Waals surface area contributed by atoms with Crippen LogP contribution in [-0.4, -0.2) is 25.4 Å². The van der Waals surface area contributed by atoms with Crippen LogP contribution in [0.25, 0.3) is 5.65 Å². The fourth-order valence-electron chi connectivity index (χ4n) is 1.97. The molecule has 3 rings (SSSR count). The zero-order chi connectivity index (χ0) is 14.1. The molecule has 0 fully saturated rings. The highest BCUT2D eigenvalue weighted by Crippen LogP contribution is 2.19. The maximum atomic E-state index is 11.4. The van der Waals surface area contributed by atoms with Gasteiger partial charge >= 0.3 is 5.97 Å². The molecule has 0 spiro atoms. The van der Waals surface area contributed by atoms with Gasteiger partial charge in [-0.25, -0.2) is 14.8 Å². The Bertz CT molecular complexity index is 778. The van der Waals surface area contributed by atoms with E-state index in [0.29, 0.717) is 18.0 Å². The molecule has 0 saturated heterocycles. The van der Waals surface area contributed by atoms with Crippen molar-refractivity contribution < 1.29 is 9.90 Å². The summed E-state index contributed by atoms with van der Waals surface area (Å²) in [6, 6.07) is 5.36. The minimum absolute atomic E-state index is 0.133. The Morgan fingerprint density at radius 2 is 2.35 bits per heavy atom. The van der Waals surface area contributed by atoms with Crippen LogP contribution in [0.5, 0.6) is 0 Å². The number of hydrogen-bond acceptors (Lipinski definition) is 5. The van der Waals surface area contributed by atoms with Crippen LogP contribution in [0, 0.1) is 6.92 Å². The van der Waals surface area contributed by atoms with Gasteiger partial charge in [-0.1, -0.05) is 6.07 Å². The molecule has 0 radical (unpaired) electrons. The Kier molecular flexibility index (Phi) is 3.11. The van der Waals surface area contributed by atoms with Crippen molar-refractivity contribution in [1.82, 2.24) is 14.4 Å². The second kappa shape index (κ2) is 4.93. The fourth-order valence-corrected chi connectivity index (χ4v) is 2.69. The predicted octanol–water partition coefficient (Wildman–Crippen LogP) is 2.41. The molecule has 7 heteroatoms. The van der Waals surface area contributed by atoms with E-state index in [9.17, 15) is 9.90 Å². The molecule has 0 aliphatic rings. The molecule has 0 saturated carbocycles.